The monoisotopic (exact) mass is 297 g/mol. The van der Waals surface area contributed by atoms with E-state index in [0.717, 1.165) is 19.6 Å². The molecule has 6 heteroatoms. The number of rotatable bonds is 6. The first-order chi connectivity index (χ1) is 9.66. The molecule has 20 heavy (non-hydrogen) atoms. The third-order valence-corrected chi connectivity index (χ3v) is 3.60. The minimum Gasteiger partial charge on any atom is -0.447 e. The van der Waals surface area contributed by atoms with E-state index in [9.17, 15) is 5.11 Å². The summed E-state index contributed by atoms with van der Waals surface area (Å²) in [6.45, 7) is 2.99. The molecule has 0 bridgehead atoms. The summed E-state index contributed by atoms with van der Waals surface area (Å²) in [6.07, 6.45) is 4.89. The number of piperidine rings is 1. The number of likely N-dealkylation sites (tertiary alicyclic amines) is 1. The number of nitrogens with one attached hydrogen (secondary N) is 1. The Morgan fingerprint density at radius 1 is 1.45 bits per heavy atom. The second kappa shape index (κ2) is 7.57. The minimum atomic E-state index is -0.929. The van der Waals surface area contributed by atoms with Crippen molar-refractivity contribution in [1.82, 2.24) is 9.88 Å². The van der Waals surface area contributed by atoms with Gasteiger partial charge in [-0.2, -0.15) is 0 Å². The Morgan fingerprint density at radius 3 is 2.90 bits per heavy atom. The normalized spacial score (nSPS) is 17.7. The molecule has 0 radical (unpaired) electrons. The van der Waals surface area contributed by atoms with E-state index in [4.69, 9.17) is 21.7 Å². The highest BCUT2D eigenvalue weighted by molar-refractivity contribution is 6.68. The van der Waals surface area contributed by atoms with Crippen molar-refractivity contribution in [2.24, 2.45) is 0 Å². The molecule has 0 spiro atoms. The molecule has 0 aromatic carbocycles. The molecule has 1 unspecified atom stereocenters. The quantitative estimate of drug-likeness (QED) is 0.624. The van der Waals surface area contributed by atoms with Gasteiger partial charge in [-0.1, -0.05) is 18.0 Å². The Bertz CT molecular complexity index is 450. The lowest BCUT2D eigenvalue weighted by molar-refractivity contribution is -0.0328. The summed E-state index contributed by atoms with van der Waals surface area (Å²) in [5.41, 5.74) is 0.395. The second-order valence-corrected chi connectivity index (χ2v) is 5.31. The van der Waals surface area contributed by atoms with Crippen LogP contribution in [0.4, 0.5) is 0 Å². The molecule has 110 valence electrons. The molecule has 2 N–H and O–H groups in total. The first-order valence-corrected chi connectivity index (χ1v) is 7.31. The fourth-order valence-corrected chi connectivity index (χ4v) is 2.46. The van der Waals surface area contributed by atoms with E-state index in [0.29, 0.717) is 12.0 Å². The van der Waals surface area contributed by atoms with Crippen LogP contribution in [0.2, 0.25) is 0 Å². The Hall–Kier alpha value is -1.17. The van der Waals surface area contributed by atoms with Gasteiger partial charge in [0, 0.05) is 19.2 Å². The average Bonchev–Trinajstić information content (AvgIpc) is 2.46. The van der Waals surface area contributed by atoms with Crippen molar-refractivity contribution in [2.75, 3.05) is 19.6 Å². The first kappa shape index (κ1) is 15.2. The van der Waals surface area contributed by atoms with Crippen molar-refractivity contribution in [3.05, 3.63) is 23.9 Å². The van der Waals surface area contributed by atoms with Crippen molar-refractivity contribution in [2.45, 2.75) is 32.0 Å². The molecule has 1 aromatic rings. The van der Waals surface area contributed by atoms with Gasteiger partial charge in [-0.3, -0.25) is 5.41 Å². The second-order valence-electron chi connectivity index (χ2n) is 4.93. The Balaban J connectivity index is 1.84. The van der Waals surface area contributed by atoms with Gasteiger partial charge in [0.2, 0.25) is 5.88 Å². The number of hydrogen-bond donors (Lipinski definition) is 2. The molecular weight excluding hydrogens is 278 g/mol. The van der Waals surface area contributed by atoms with Crippen LogP contribution in [-0.2, 0) is 0 Å². The fourth-order valence-electron chi connectivity index (χ4n) is 2.32. The lowest BCUT2D eigenvalue weighted by atomic mass is 10.1. The van der Waals surface area contributed by atoms with Gasteiger partial charge in [-0.15, -0.1) is 0 Å². The summed E-state index contributed by atoms with van der Waals surface area (Å²) < 4.78 is 5.39. The first-order valence-electron chi connectivity index (χ1n) is 6.93. The molecule has 5 nitrogen and oxygen atoms in total. The van der Waals surface area contributed by atoms with Gasteiger partial charge in [0.1, 0.15) is 5.17 Å². The van der Waals surface area contributed by atoms with E-state index in [1.807, 2.05) is 0 Å². The van der Waals surface area contributed by atoms with Crippen LogP contribution in [0, 0.1) is 5.41 Å². The van der Waals surface area contributed by atoms with Gasteiger partial charge in [0.05, 0.1) is 5.56 Å². The summed E-state index contributed by atoms with van der Waals surface area (Å²) in [7, 11) is 0. The molecule has 1 saturated heterocycles. The van der Waals surface area contributed by atoms with Gasteiger partial charge in [-0.25, -0.2) is 4.98 Å². The van der Waals surface area contributed by atoms with Crippen LogP contribution < -0.4 is 4.74 Å². The topological polar surface area (TPSA) is 69.4 Å². The molecule has 1 fully saturated rings. The third-order valence-electron chi connectivity index (χ3n) is 3.40. The smallest absolute Gasteiger partial charge is 0.226 e. The summed E-state index contributed by atoms with van der Waals surface area (Å²) in [5.74, 6) is 0.207. The van der Waals surface area contributed by atoms with E-state index in [1.165, 1.54) is 19.3 Å². The molecule has 1 aliphatic heterocycles. The predicted octanol–water partition coefficient (Wildman–Crippen LogP) is 2.22. The summed E-state index contributed by atoms with van der Waals surface area (Å²) in [6, 6.07) is 3.33. The highest BCUT2D eigenvalue weighted by atomic mass is 35.5. The summed E-state index contributed by atoms with van der Waals surface area (Å²) in [5, 5.41) is 17.2. The maximum atomic E-state index is 9.94. The molecule has 1 aromatic heterocycles. The van der Waals surface area contributed by atoms with Gasteiger partial charge in [0.25, 0.3) is 0 Å². The molecule has 1 atom stereocenters. The Kier molecular flexibility index (Phi) is 5.76. The van der Waals surface area contributed by atoms with E-state index >= 15 is 0 Å². The number of hydrogen-bond acceptors (Lipinski definition) is 5. The van der Waals surface area contributed by atoms with Crippen LogP contribution >= 0.6 is 11.6 Å². The van der Waals surface area contributed by atoms with Gasteiger partial charge in [-0.05, 0) is 38.1 Å². The lowest BCUT2D eigenvalue weighted by Gasteiger charge is -2.27. The van der Waals surface area contributed by atoms with Crippen LogP contribution in [0.3, 0.4) is 0 Å². The Labute approximate surface area is 124 Å². The van der Waals surface area contributed by atoms with Crippen molar-refractivity contribution >= 4 is 16.8 Å². The Morgan fingerprint density at radius 2 is 2.20 bits per heavy atom. The molecular formula is C14H20ClN3O2. The molecule has 0 amide bonds. The maximum Gasteiger partial charge on any atom is 0.226 e. The summed E-state index contributed by atoms with van der Waals surface area (Å²) in [4.78, 5) is 6.35. The van der Waals surface area contributed by atoms with E-state index in [2.05, 4.69) is 9.88 Å². The van der Waals surface area contributed by atoms with Crippen LogP contribution in [0.25, 0.3) is 0 Å². The number of pyridine rings is 1. The van der Waals surface area contributed by atoms with Crippen LogP contribution in [-0.4, -0.2) is 46.1 Å². The highest BCUT2D eigenvalue weighted by Gasteiger charge is 2.15. The molecule has 2 rings (SSSR count). The largest absolute Gasteiger partial charge is 0.447 e. The molecule has 2 heterocycles. The van der Waals surface area contributed by atoms with Crippen LogP contribution in [0.1, 0.15) is 31.2 Å². The lowest BCUT2D eigenvalue weighted by Crippen LogP contribution is -2.33. The fraction of sp³-hybridized carbons (Fsp3) is 0.571. The van der Waals surface area contributed by atoms with E-state index in [-0.39, 0.29) is 11.1 Å². The molecule has 0 aliphatic carbocycles. The molecule has 1 aliphatic rings. The number of ether oxygens (including phenoxy) is 1. The number of aliphatic hydroxyl groups is 1. The minimum absolute atomic E-state index is 0.142. The van der Waals surface area contributed by atoms with Gasteiger partial charge < -0.3 is 14.7 Å². The van der Waals surface area contributed by atoms with Crippen molar-refractivity contribution in [3.63, 3.8) is 0 Å². The predicted molar refractivity (Wildman–Crippen MR) is 78.5 cm³/mol. The van der Waals surface area contributed by atoms with Crippen LogP contribution in [0.5, 0.6) is 5.88 Å². The van der Waals surface area contributed by atoms with Gasteiger partial charge >= 0.3 is 0 Å². The zero-order valence-corrected chi connectivity index (χ0v) is 12.1. The van der Waals surface area contributed by atoms with Crippen molar-refractivity contribution < 1.29 is 9.84 Å². The standard InChI is InChI=1S/C14H20ClN3O2/c15-13(16)11-5-4-7-17-14(11)20-12(19)6-10-18-8-2-1-3-9-18/h4-5,7,12,16,19H,1-3,6,8-10H2. The van der Waals surface area contributed by atoms with Crippen molar-refractivity contribution in [3.8, 4) is 5.88 Å². The number of halogens is 1. The zero-order valence-electron chi connectivity index (χ0n) is 11.4. The van der Waals surface area contributed by atoms with E-state index < -0.39 is 6.29 Å². The van der Waals surface area contributed by atoms with Crippen LogP contribution in [0.15, 0.2) is 18.3 Å². The number of aromatic nitrogens is 1. The number of nitrogens with zero attached hydrogens (tertiary/aromatic N) is 2. The average molecular weight is 298 g/mol. The number of aliphatic hydroxyl groups excluding tert-OH is 1. The summed E-state index contributed by atoms with van der Waals surface area (Å²) >= 11 is 5.66. The highest BCUT2D eigenvalue weighted by Crippen LogP contribution is 2.18. The zero-order chi connectivity index (χ0) is 14.4. The SMILES string of the molecule is N=C(Cl)c1cccnc1OC(O)CCN1CCCCC1. The van der Waals surface area contributed by atoms with Gasteiger partial charge in [0.15, 0.2) is 6.29 Å². The third kappa shape index (κ3) is 4.44. The van der Waals surface area contributed by atoms with Crippen molar-refractivity contribution in [1.29, 1.82) is 5.41 Å². The van der Waals surface area contributed by atoms with E-state index in [1.54, 1.807) is 18.3 Å². The molecule has 0 saturated carbocycles. The maximum absolute atomic E-state index is 9.94.